The van der Waals surface area contributed by atoms with Gasteiger partial charge in [-0.15, -0.1) is 0 Å². The lowest BCUT2D eigenvalue weighted by Crippen LogP contribution is -2.32. The molecule has 108 valence electrons. The van der Waals surface area contributed by atoms with Crippen molar-refractivity contribution in [3.05, 3.63) is 0 Å². The van der Waals surface area contributed by atoms with Crippen LogP contribution in [0.1, 0.15) is 72.1 Å². The molecule has 1 aliphatic rings. The van der Waals surface area contributed by atoms with Crippen LogP contribution in [0.4, 0.5) is 0 Å². The van der Waals surface area contributed by atoms with Crippen molar-refractivity contribution in [2.24, 2.45) is 5.92 Å². The topological polar surface area (TPSA) is 21.3 Å². The van der Waals surface area contributed by atoms with Crippen LogP contribution in [-0.2, 0) is 4.74 Å². The second-order valence-corrected chi connectivity index (χ2v) is 6.19. The summed E-state index contributed by atoms with van der Waals surface area (Å²) in [6.45, 7) is 9.04. The molecule has 2 nitrogen and oxygen atoms in total. The highest BCUT2D eigenvalue weighted by molar-refractivity contribution is 4.72. The van der Waals surface area contributed by atoms with Gasteiger partial charge in [-0.05, 0) is 63.8 Å². The molecule has 1 N–H and O–H groups in total. The Bertz CT molecular complexity index is 188. The van der Waals surface area contributed by atoms with E-state index in [-0.39, 0.29) is 0 Å². The minimum Gasteiger partial charge on any atom is -0.378 e. The Morgan fingerprint density at radius 1 is 1.17 bits per heavy atom. The molecule has 0 spiro atoms. The third kappa shape index (κ3) is 7.38. The highest BCUT2D eigenvalue weighted by atomic mass is 16.5. The van der Waals surface area contributed by atoms with Gasteiger partial charge in [0.1, 0.15) is 0 Å². The Morgan fingerprint density at radius 3 is 2.61 bits per heavy atom. The highest BCUT2D eigenvalue weighted by Gasteiger charge is 2.16. The van der Waals surface area contributed by atoms with Gasteiger partial charge >= 0.3 is 0 Å². The maximum absolute atomic E-state index is 5.83. The molecule has 0 amide bonds. The van der Waals surface area contributed by atoms with Crippen molar-refractivity contribution in [3.63, 3.8) is 0 Å². The third-order valence-electron chi connectivity index (χ3n) is 3.89. The van der Waals surface area contributed by atoms with Gasteiger partial charge in [0.15, 0.2) is 0 Å². The van der Waals surface area contributed by atoms with E-state index in [1.54, 1.807) is 0 Å². The number of rotatable bonds is 9. The summed E-state index contributed by atoms with van der Waals surface area (Å²) in [4.78, 5) is 0. The Hall–Kier alpha value is -0.0800. The van der Waals surface area contributed by atoms with Crippen LogP contribution in [0.15, 0.2) is 0 Å². The standard InChI is InChI=1S/C16H33NO/c1-4-12-17-15(9-8-14(2)3)10-11-16-7-5-6-13-18-16/h14-17H,4-13H2,1-3H3. The Balaban J connectivity index is 2.20. The third-order valence-corrected chi connectivity index (χ3v) is 3.89. The predicted octanol–water partition coefficient (Wildman–Crippen LogP) is 4.14. The zero-order valence-electron chi connectivity index (χ0n) is 12.7. The normalized spacial score (nSPS) is 22.3. The first-order chi connectivity index (χ1) is 8.72. The lowest BCUT2D eigenvalue weighted by atomic mass is 9.96. The van der Waals surface area contributed by atoms with Crippen molar-refractivity contribution in [1.82, 2.24) is 5.32 Å². The van der Waals surface area contributed by atoms with Gasteiger partial charge in [-0.1, -0.05) is 20.8 Å². The van der Waals surface area contributed by atoms with E-state index in [1.807, 2.05) is 0 Å². The van der Waals surface area contributed by atoms with Crippen LogP contribution in [0.3, 0.4) is 0 Å². The number of nitrogens with one attached hydrogen (secondary N) is 1. The lowest BCUT2D eigenvalue weighted by molar-refractivity contribution is 0.00837. The molecule has 0 bridgehead atoms. The average molecular weight is 255 g/mol. The molecule has 2 heteroatoms. The summed E-state index contributed by atoms with van der Waals surface area (Å²) in [5, 5.41) is 3.71. The fraction of sp³-hybridized carbons (Fsp3) is 1.00. The molecule has 1 saturated heterocycles. The van der Waals surface area contributed by atoms with Crippen LogP contribution in [0.5, 0.6) is 0 Å². The maximum Gasteiger partial charge on any atom is 0.0575 e. The molecule has 1 rings (SSSR count). The van der Waals surface area contributed by atoms with E-state index in [2.05, 4.69) is 26.1 Å². The van der Waals surface area contributed by atoms with Crippen molar-refractivity contribution >= 4 is 0 Å². The second kappa shape index (κ2) is 9.80. The first-order valence-corrected chi connectivity index (χ1v) is 8.07. The van der Waals surface area contributed by atoms with Crippen LogP contribution in [-0.4, -0.2) is 25.3 Å². The van der Waals surface area contributed by atoms with Gasteiger partial charge in [-0.2, -0.15) is 0 Å². The smallest absolute Gasteiger partial charge is 0.0575 e. The molecule has 0 aromatic carbocycles. The SMILES string of the molecule is CCCNC(CCC(C)C)CCC1CCCCO1. The molecule has 0 aromatic rings. The molecular formula is C16H33NO. The van der Waals surface area contributed by atoms with Crippen molar-refractivity contribution in [3.8, 4) is 0 Å². The zero-order chi connectivity index (χ0) is 13.2. The lowest BCUT2D eigenvalue weighted by Gasteiger charge is -2.25. The van der Waals surface area contributed by atoms with Gasteiger partial charge in [0.25, 0.3) is 0 Å². The van der Waals surface area contributed by atoms with E-state index in [4.69, 9.17) is 4.74 Å². The highest BCUT2D eigenvalue weighted by Crippen LogP contribution is 2.19. The summed E-state index contributed by atoms with van der Waals surface area (Å²) in [6, 6.07) is 0.706. The van der Waals surface area contributed by atoms with Crippen molar-refractivity contribution in [2.75, 3.05) is 13.2 Å². The molecule has 0 radical (unpaired) electrons. The largest absolute Gasteiger partial charge is 0.378 e. The van der Waals surface area contributed by atoms with Crippen molar-refractivity contribution in [1.29, 1.82) is 0 Å². The molecular weight excluding hydrogens is 222 g/mol. The van der Waals surface area contributed by atoms with Crippen LogP contribution in [0.2, 0.25) is 0 Å². The van der Waals surface area contributed by atoms with E-state index in [0.717, 1.165) is 19.1 Å². The first kappa shape index (κ1) is 16.0. The van der Waals surface area contributed by atoms with E-state index >= 15 is 0 Å². The minimum absolute atomic E-state index is 0.545. The van der Waals surface area contributed by atoms with Gasteiger partial charge in [0, 0.05) is 12.6 Å². The molecule has 1 fully saturated rings. The monoisotopic (exact) mass is 255 g/mol. The van der Waals surface area contributed by atoms with Gasteiger partial charge < -0.3 is 10.1 Å². The number of ether oxygens (including phenoxy) is 1. The molecule has 2 atom stereocenters. The maximum atomic E-state index is 5.83. The van der Waals surface area contributed by atoms with Gasteiger partial charge in [-0.3, -0.25) is 0 Å². The van der Waals surface area contributed by atoms with Crippen LogP contribution in [0, 0.1) is 5.92 Å². The zero-order valence-corrected chi connectivity index (χ0v) is 12.7. The Morgan fingerprint density at radius 2 is 2.00 bits per heavy atom. The van der Waals surface area contributed by atoms with Crippen molar-refractivity contribution in [2.45, 2.75) is 84.3 Å². The number of hydrogen-bond acceptors (Lipinski definition) is 2. The molecule has 0 saturated carbocycles. The van der Waals surface area contributed by atoms with Gasteiger partial charge in [0.05, 0.1) is 6.10 Å². The van der Waals surface area contributed by atoms with E-state index in [1.165, 1.54) is 51.4 Å². The summed E-state index contributed by atoms with van der Waals surface area (Å²) in [7, 11) is 0. The Labute approximate surface area is 114 Å². The summed E-state index contributed by atoms with van der Waals surface area (Å²) in [6.07, 6.45) is 10.9. The van der Waals surface area contributed by atoms with Gasteiger partial charge in [-0.25, -0.2) is 0 Å². The number of hydrogen-bond donors (Lipinski definition) is 1. The van der Waals surface area contributed by atoms with Gasteiger partial charge in [0.2, 0.25) is 0 Å². The second-order valence-electron chi connectivity index (χ2n) is 6.19. The first-order valence-electron chi connectivity index (χ1n) is 8.07. The minimum atomic E-state index is 0.545. The summed E-state index contributed by atoms with van der Waals surface area (Å²) in [5.74, 6) is 0.821. The molecule has 2 unspecified atom stereocenters. The van der Waals surface area contributed by atoms with Crippen LogP contribution < -0.4 is 5.32 Å². The summed E-state index contributed by atoms with van der Waals surface area (Å²) >= 11 is 0. The fourth-order valence-electron chi connectivity index (χ4n) is 2.65. The van der Waals surface area contributed by atoms with E-state index < -0.39 is 0 Å². The van der Waals surface area contributed by atoms with Crippen LogP contribution >= 0.6 is 0 Å². The Kier molecular flexibility index (Phi) is 8.70. The van der Waals surface area contributed by atoms with Crippen molar-refractivity contribution < 1.29 is 4.74 Å². The summed E-state index contributed by atoms with van der Waals surface area (Å²) < 4.78 is 5.83. The fourth-order valence-corrected chi connectivity index (χ4v) is 2.65. The quantitative estimate of drug-likeness (QED) is 0.668. The van der Waals surface area contributed by atoms with E-state index in [0.29, 0.717) is 12.1 Å². The molecule has 1 heterocycles. The molecule has 1 aliphatic heterocycles. The average Bonchev–Trinajstić information content (AvgIpc) is 2.39. The molecule has 18 heavy (non-hydrogen) atoms. The molecule has 0 aliphatic carbocycles. The van der Waals surface area contributed by atoms with Crippen LogP contribution in [0.25, 0.3) is 0 Å². The summed E-state index contributed by atoms with van der Waals surface area (Å²) in [5.41, 5.74) is 0. The van der Waals surface area contributed by atoms with E-state index in [9.17, 15) is 0 Å². The predicted molar refractivity (Wildman–Crippen MR) is 79.0 cm³/mol. The molecule has 0 aromatic heterocycles.